The summed E-state index contributed by atoms with van der Waals surface area (Å²) < 4.78 is 14.8. The first-order valence-electron chi connectivity index (χ1n) is 11.3. The van der Waals surface area contributed by atoms with Crippen molar-refractivity contribution in [3.8, 4) is 11.1 Å². The number of carbonyl (C=O) groups excluding carboxylic acids is 1. The van der Waals surface area contributed by atoms with E-state index in [1.807, 2.05) is 12.1 Å². The summed E-state index contributed by atoms with van der Waals surface area (Å²) in [4.78, 5) is 33.8. The van der Waals surface area contributed by atoms with Gasteiger partial charge in [-0.3, -0.25) is 19.1 Å². The average molecular weight is 510 g/mol. The van der Waals surface area contributed by atoms with Crippen LogP contribution < -0.4 is 16.2 Å². The molecular weight excluding hydrogens is 485 g/mol. The van der Waals surface area contributed by atoms with Gasteiger partial charge in [0.25, 0.3) is 5.56 Å². The number of halogens is 2. The molecule has 4 rings (SSSR count). The molecule has 1 atom stereocenters. The first kappa shape index (κ1) is 25.3. The Morgan fingerprint density at radius 2 is 1.97 bits per heavy atom. The fourth-order valence-corrected chi connectivity index (χ4v) is 4.11. The van der Waals surface area contributed by atoms with Crippen molar-refractivity contribution in [1.82, 2.24) is 19.9 Å². The molecule has 2 aromatic heterocycles. The van der Waals surface area contributed by atoms with Crippen LogP contribution in [0.15, 0.2) is 59.8 Å². The van der Waals surface area contributed by atoms with E-state index in [0.717, 1.165) is 11.1 Å². The summed E-state index contributed by atoms with van der Waals surface area (Å²) in [5, 5.41) is 16.2. The van der Waals surface area contributed by atoms with Gasteiger partial charge in [0.05, 0.1) is 41.1 Å². The minimum absolute atomic E-state index is 0.159. The van der Waals surface area contributed by atoms with E-state index in [-0.39, 0.29) is 24.6 Å². The van der Waals surface area contributed by atoms with Gasteiger partial charge >= 0.3 is 0 Å². The Hall–Kier alpha value is -3.82. The third-order valence-corrected chi connectivity index (χ3v) is 6.28. The number of rotatable bonds is 8. The smallest absolute Gasteiger partial charge is 0.261 e. The number of nitrogens with zero attached hydrogens (tertiary/aromatic N) is 3. The van der Waals surface area contributed by atoms with E-state index in [4.69, 9.17) is 11.6 Å². The predicted octanol–water partition coefficient (Wildman–Crippen LogP) is 3.74. The van der Waals surface area contributed by atoms with E-state index in [1.54, 1.807) is 38.4 Å². The number of carbonyl (C=O) groups is 1. The minimum Gasteiger partial charge on any atom is -0.390 e. The van der Waals surface area contributed by atoms with Crippen molar-refractivity contribution < 1.29 is 14.3 Å². The van der Waals surface area contributed by atoms with Crippen LogP contribution in [0.2, 0.25) is 5.02 Å². The SMILES string of the molecule is CNC(=O)C(C)Cn1cnc2ccc(-c3cnc(CO)c(NCc4ccc(F)cc4Cl)c3)cc2c1=O. The molecule has 2 aromatic carbocycles. The zero-order chi connectivity index (χ0) is 25.8. The molecule has 10 heteroatoms. The highest BCUT2D eigenvalue weighted by Crippen LogP contribution is 2.27. The van der Waals surface area contributed by atoms with Gasteiger partial charge in [-0.15, -0.1) is 0 Å². The maximum Gasteiger partial charge on any atom is 0.261 e. The summed E-state index contributed by atoms with van der Waals surface area (Å²) in [5.74, 6) is -0.974. The third-order valence-electron chi connectivity index (χ3n) is 5.93. The Morgan fingerprint density at radius 1 is 1.17 bits per heavy atom. The third kappa shape index (κ3) is 5.37. The average Bonchev–Trinajstić information content (AvgIpc) is 2.89. The van der Waals surface area contributed by atoms with Crippen LogP contribution in [0.3, 0.4) is 0 Å². The fourth-order valence-electron chi connectivity index (χ4n) is 3.88. The maximum atomic E-state index is 13.4. The molecule has 0 aliphatic heterocycles. The van der Waals surface area contributed by atoms with Crippen molar-refractivity contribution in [1.29, 1.82) is 0 Å². The number of aliphatic hydroxyl groups is 1. The van der Waals surface area contributed by atoms with Gasteiger partial charge < -0.3 is 15.7 Å². The Balaban J connectivity index is 1.66. The van der Waals surface area contributed by atoms with Crippen molar-refractivity contribution >= 4 is 34.1 Å². The molecule has 0 radical (unpaired) electrons. The number of anilines is 1. The molecule has 2 heterocycles. The summed E-state index contributed by atoms with van der Waals surface area (Å²) in [7, 11) is 1.56. The van der Waals surface area contributed by atoms with Gasteiger partial charge in [-0.2, -0.15) is 0 Å². The molecule has 4 aromatic rings. The predicted molar refractivity (Wildman–Crippen MR) is 137 cm³/mol. The monoisotopic (exact) mass is 509 g/mol. The number of hydrogen-bond donors (Lipinski definition) is 3. The number of nitrogens with one attached hydrogen (secondary N) is 2. The van der Waals surface area contributed by atoms with Crippen molar-refractivity contribution in [3.05, 3.63) is 87.4 Å². The summed E-state index contributed by atoms with van der Waals surface area (Å²) >= 11 is 6.13. The zero-order valence-electron chi connectivity index (χ0n) is 19.8. The Bertz CT molecular complexity index is 1490. The number of amides is 1. The van der Waals surface area contributed by atoms with Gasteiger partial charge in [0.2, 0.25) is 5.91 Å². The number of fused-ring (bicyclic) bond motifs is 1. The van der Waals surface area contributed by atoms with Crippen LogP contribution in [0, 0.1) is 11.7 Å². The second-order valence-corrected chi connectivity index (χ2v) is 8.82. The molecule has 0 aliphatic rings. The first-order valence-corrected chi connectivity index (χ1v) is 11.7. The lowest BCUT2D eigenvalue weighted by Crippen LogP contribution is -2.32. The van der Waals surface area contributed by atoms with Crippen molar-refractivity contribution in [2.45, 2.75) is 26.6 Å². The molecule has 0 fully saturated rings. The van der Waals surface area contributed by atoms with Gasteiger partial charge in [0.15, 0.2) is 0 Å². The quantitative estimate of drug-likeness (QED) is 0.334. The fraction of sp³-hybridized carbons (Fsp3) is 0.231. The van der Waals surface area contributed by atoms with Crippen LogP contribution >= 0.6 is 11.6 Å². The largest absolute Gasteiger partial charge is 0.390 e. The highest BCUT2D eigenvalue weighted by Gasteiger charge is 2.15. The van der Waals surface area contributed by atoms with Gasteiger partial charge in [-0.25, -0.2) is 9.37 Å². The van der Waals surface area contributed by atoms with Crippen molar-refractivity contribution in [2.75, 3.05) is 12.4 Å². The second kappa shape index (κ2) is 10.8. The van der Waals surface area contributed by atoms with Crippen molar-refractivity contribution in [3.63, 3.8) is 0 Å². The number of benzene rings is 2. The molecule has 186 valence electrons. The number of pyridine rings is 1. The molecule has 0 saturated carbocycles. The lowest BCUT2D eigenvalue weighted by atomic mass is 10.0. The molecule has 0 spiro atoms. The van der Waals surface area contributed by atoms with E-state index in [2.05, 4.69) is 20.6 Å². The van der Waals surface area contributed by atoms with Gasteiger partial charge in [0, 0.05) is 36.9 Å². The van der Waals surface area contributed by atoms with E-state index >= 15 is 0 Å². The summed E-state index contributed by atoms with van der Waals surface area (Å²) in [5.41, 5.74) is 3.45. The second-order valence-electron chi connectivity index (χ2n) is 8.41. The minimum atomic E-state index is -0.420. The Morgan fingerprint density at radius 3 is 2.69 bits per heavy atom. The van der Waals surface area contributed by atoms with Gasteiger partial charge in [-0.1, -0.05) is 30.7 Å². The van der Waals surface area contributed by atoms with Gasteiger partial charge in [-0.05, 0) is 41.5 Å². The van der Waals surface area contributed by atoms with Gasteiger partial charge in [0.1, 0.15) is 5.82 Å². The topological polar surface area (TPSA) is 109 Å². The Labute approximate surface area is 211 Å². The van der Waals surface area contributed by atoms with Crippen LogP contribution in [0.25, 0.3) is 22.0 Å². The van der Waals surface area contributed by atoms with Crippen LogP contribution in [-0.2, 0) is 24.5 Å². The van der Waals surface area contributed by atoms with E-state index in [9.17, 15) is 19.1 Å². The van der Waals surface area contributed by atoms with Crippen LogP contribution in [-0.4, -0.2) is 32.6 Å². The standard InChI is InChI=1S/C26H25ClFN5O3/c1-15(25(35)29-2)12-33-14-32-22-6-4-16(7-20(22)26(33)36)18-8-23(24(13-34)31-11-18)30-10-17-3-5-19(28)9-21(17)27/h3-9,11,14-15,30,34H,10,12-13H2,1-2H3,(H,29,35). The van der Waals surface area contributed by atoms with Crippen molar-refractivity contribution in [2.24, 2.45) is 5.92 Å². The van der Waals surface area contributed by atoms with E-state index in [1.165, 1.54) is 23.0 Å². The molecule has 0 bridgehead atoms. The molecule has 3 N–H and O–H groups in total. The van der Waals surface area contributed by atoms with Crippen LogP contribution in [0.4, 0.5) is 10.1 Å². The molecule has 8 nitrogen and oxygen atoms in total. The van der Waals surface area contributed by atoms with E-state index < -0.39 is 11.7 Å². The maximum absolute atomic E-state index is 13.4. The van der Waals surface area contributed by atoms with Crippen LogP contribution in [0.5, 0.6) is 0 Å². The number of aromatic nitrogens is 3. The molecule has 0 saturated heterocycles. The molecule has 36 heavy (non-hydrogen) atoms. The highest BCUT2D eigenvalue weighted by molar-refractivity contribution is 6.31. The summed E-state index contributed by atoms with van der Waals surface area (Å²) in [6.07, 6.45) is 3.06. The normalized spacial score (nSPS) is 11.9. The number of hydrogen-bond acceptors (Lipinski definition) is 6. The molecule has 1 unspecified atom stereocenters. The Kier molecular flexibility index (Phi) is 7.61. The highest BCUT2D eigenvalue weighted by atomic mass is 35.5. The number of aliphatic hydroxyl groups excluding tert-OH is 1. The van der Waals surface area contributed by atoms with Crippen LogP contribution in [0.1, 0.15) is 18.2 Å². The lowest BCUT2D eigenvalue weighted by Gasteiger charge is -2.14. The first-order chi connectivity index (χ1) is 17.3. The zero-order valence-corrected chi connectivity index (χ0v) is 20.5. The summed E-state index contributed by atoms with van der Waals surface area (Å²) in [6.45, 7) is 1.97. The molecule has 1 amide bonds. The molecule has 0 aliphatic carbocycles. The lowest BCUT2D eigenvalue weighted by molar-refractivity contribution is -0.124. The molecular formula is C26H25ClFN5O3. The summed E-state index contributed by atoms with van der Waals surface area (Å²) in [6, 6.07) is 11.3. The van der Waals surface area contributed by atoms with E-state index in [0.29, 0.717) is 39.4 Å².